The summed E-state index contributed by atoms with van der Waals surface area (Å²) in [6, 6.07) is 5.74. The highest BCUT2D eigenvalue weighted by molar-refractivity contribution is 5.96. The second-order valence-electron chi connectivity index (χ2n) is 7.12. The molecule has 3 fully saturated rings. The van der Waals surface area contributed by atoms with Crippen LogP contribution in [0.1, 0.15) is 40.3 Å². The van der Waals surface area contributed by atoms with E-state index < -0.39 is 0 Å². The molecular formula is C19H22N4O3. The van der Waals surface area contributed by atoms with E-state index in [-0.39, 0.29) is 23.8 Å². The molecule has 3 aliphatic heterocycles. The number of amides is 2. The Labute approximate surface area is 152 Å². The number of hydrogen-bond acceptors (Lipinski definition) is 5. The van der Waals surface area contributed by atoms with Gasteiger partial charge in [-0.05, 0) is 38.8 Å². The van der Waals surface area contributed by atoms with Crippen molar-refractivity contribution in [1.29, 1.82) is 0 Å². The van der Waals surface area contributed by atoms with Crippen molar-refractivity contribution in [3.63, 3.8) is 0 Å². The third kappa shape index (κ3) is 2.87. The van der Waals surface area contributed by atoms with Crippen LogP contribution in [-0.2, 0) is 11.3 Å². The van der Waals surface area contributed by atoms with Crippen LogP contribution in [0.15, 0.2) is 28.9 Å². The van der Waals surface area contributed by atoms with Crippen molar-refractivity contribution in [3.05, 3.63) is 47.1 Å². The Kier molecular flexibility index (Phi) is 4.22. The molecule has 2 atom stereocenters. The van der Waals surface area contributed by atoms with Gasteiger partial charge in [0.1, 0.15) is 11.3 Å². The number of rotatable bonds is 3. The molecule has 2 bridgehead atoms. The number of nitrogens with zero attached hydrogens (tertiary/aromatic N) is 4. The average molecular weight is 354 g/mol. The SMILES string of the molecule is Cc1noc(C)c1C(=O)N1CC2CCC(C1)N(Cc1ccccn1)C2=O. The molecule has 0 saturated carbocycles. The number of piperidine rings is 1. The van der Waals surface area contributed by atoms with E-state index in [9.17, 15) is 9.59 Å². The highest BCUT2D eigenvalue weighted by Gasteiger charge is 2.42. The van der Waals surface area contributed by atoms with Crippen LogP contribution in [0.4, 0.5) is 0 Å². The molecule has 0 aliphatic carbocycles. The van der Waals surface area contributed by atoms with E-state index in [0.29, 0.717) is 36.7 Å². The molecule has 5 heterocycles. The first-order valence-electron chi connectivity index (χ1n) is 8.97. The molecule has 7 nitrogen and oxygen atoms in total. The molecule has 0 spiro atoms. The van der Waals surface area contributed by atoms with Gasteiger partial charge >= 0.3 is 0 Å². The van der Waals surface area contributed by atoms with E-state index in [4.69, 9.17) is 4.52 Å². The summed E-state index contributed by atoms with van der Waals surface area (Å²) in [5.41, 5.74) is 1.99. The maximum atomic E-state index is 13.0. The van der Waals surface area contributed by atoms with Crippen molar-refractivity contribution in [3.8, 4) is 0 Å². The van der Waals surface area contributed by atoms with Crippen LogP contribution in [0.25, 0.3) is 0 Å². The summed E-state index contributed by atoms with van der Waals surface area (Å²) in [5.74, 6) is 0.411. The van der Waals surface area contributed by atoms with Gasteiger partial charge in [-0.2, -0.15) is 0 Å². The Morgan fingerprint density at radius 1 is 1.27 bits per heavy atom. The van der Waals surface area contributed by atoms with Crippen LogP contribution >= 0.6 is 0 Å². The molecule has 0 aromatic carbocycles. The van der Waals surface area contributed by atoms with Gasteiger partial charge < -0.3 is 14.3 Å². The first-order chi connectivity index (χ1) is 12.5. The standard InChI is InChI=1S/C19H22N4O3/c1-12-17(13(2)26-21-12)19(25)22-9-14-6-7-16(11-22)23(18(14)24)10-15-5-3-4-8-20-15/h3-5,8,14,16H,6-7,9-11H2,1-2H3. The van der Waals surface area contributed by atoms with Crippen molar-refractivity contribution >= 4 is 11.8 Å². The number of carbonyl (C=O) groups is 2. The van der Waals surface area contributed by atoms with Crippen molar-refractivity contribution in [2.75, 3.05) is 13.1 Å². The van der Waals surface area contributed by atoms with Gasteiger partial charge in [-0.3, -0.25) is 14.6 Å². The predicted molar refractivity (Wildman–Crippen MR) is 93.2 cm³/mol. The lowest BCUT2D eigenvalue weighted by Crippen LogP contribution is -2.47. The van der Waals surface area contributed by atoms with Gasteiger partial charge in [0.2, 0.25) is 5.91 Å². The first kappa shape index (κ1) is 16.8. The summed E-state index contributed by atoms with van der Waals surface area (Å²) in [6.07, 6.45) is 3.48. The van der Waals surface area contributed by atoms with E-state index in [2.05, 4.69) is 10.1 Å². The fourth-order valence-electron chi connectivity index (χ4n) is 4.03. The van der Waals surface area contributed by atoms with Gasteiger partial charge in [-0.1, -0.05) is 11.2 Å². The third-order valence-electron chi connectivity index (χ3n) is 5.39. The summed E-state index contributed by atoms with van der Waals surface area (Å²) < 4.78 is 5.15. The van der Waals surface area contributed by atoms with Gasteiger partial charge in [-0.25, -0.2) is 0 Å². The van der Waals surface area contributed by atoms with Gasteiger partial charge in [0.05, 0.1) is 23.9 Å². The monoisotopic (exact) mass is 354 g/mol. The zero-order chi connectivity index (χ0) is 18.3. The fourth-order valence-corrected chi connectivity index (χ4v) is 4.03. The Morgan fingerprint density at radius 3 is 2.81 bits per heavy atom. The smallest absolute Gasteiger partial charge is 0.259 e. The molecule has 2 amide bonds. The lowest BCUT2D eigenvalue weighted by atomic mass is 9.94. The van der Waals surface area contributed by atoms with Gasteiger partial charge in [-0.15, -0.1) is 0 Å². The Hall–Kier alpha value is -2.70. The fraction of sp³-hybridized carbons (Fsp3) is 0.474. The Bertz CT molecular complexity index is 813. The van der Waals surface area contributed by atoms with E-state index >= 15 is 0 Å². The maximum Gasteiger partial charge on any atom is 0.259 e. The molecule has 2 aromatic rings. The van der Waals surface area contributed by atoms with Crippen molar-refractivity contribution in [2.24, 2.45) is 5.92 Å². The molecule has 0 radical (unpaired) electrons. The minimum absolute atomic E-state index is 0.0210. The van der Waals surface area contributed by atoms with Crippen molar-refractivity contribution in [2.45, 2.75) is 39.3 Å². The number of aryl methyl sites for hydroxylation is 2. The molecule has 3 saturated heterocycles. The molecule has 136 valence electrons. The Morgan fingerprint density at radius 2 is 2.12 bits per heavy atom. The van der Waals surface area contributed by atoms with Crippen LogP contribution in [-0.4, -0.2) is 50.9 Å². The van der Waals surface area contributed by atoms with Crippen LogP contribution in [0, 0.1) is 19.8 Å². The van der Waals surface area contributed by atoms with E-state index in [0.717, 1.165) is 18.5 Å². The number of aromatic nitrogens is 2. The quantitative estimate of drug-likeness (QED) is 0.842. The number of fused-ring (bicyclic) bond motifs is 4. The molecule has 2 aromatic heterocycles. The summed E-state index contributed by atoms with van der Waals surface area (Å²) in [5, 5.41) is 3.89. The molecule has 5 rings (SSSR count). The molecule has 2 unspecified atom stereocenters. The average Bonchev–Trinajstić information content (AvgIpc) is 2.82. The molecule has 26 heavy (non-hydrogen) atoms. The zero-order valence-corrected chi connectivity index (χ0v) is 15.0. The highest BCUT2D eigenvalue weighted by atomic mass is 16.5. The molecule has 7 heteroatoms. The topological polar surface area (TPSA) is 79.5 Å². The molecule has 3 aliphatic rings. The van der Waals surface area contributed by atoms with Crippen LogP contribution in [0.3, 0.4) is 0 Å². The highest BCUT2D eigenvalue weighted by Crippen LogP contribution is 2.31. The first-order valence-corrected chi connectivity index (χ1v) is 8.97. The van der Waals surface area contributed by atoms with Crippen molar-refractivity contribution < 1.29 is 14.1 Å². The largest absolute Gasteiger partial charge is 0.361 e. The lowest BCUT2D eigenvalue weighted by molar-refractivity contribution is -0.140. The minimum Gasteiger partial charge on any atom is -0.361 e. The second kappa shape index (κ2) is 6.55. The van der Waals surface area contributed by atoms with Gasteiger partial charge in [0, 0.05) is 25.3 Å². The predicted octanol–water partition coefficient (Wildman–Crippen LogP) is 1.95. The van der Waals surface area contributed by atoms with Gasteiger partial charge in [0.15, 0.2) is 0 Å². The van der Waals surface area contributed by atoms with E-state index in [1.54, 1.807) is 24.9 Å². The van der Waals surface area contributed by atoms with Crippen LogP contribution in [0.2, 0.25) is 0 Å². The maximum absolute atomic E-state index is 13.0. The molecule has 0 N–H and O–H groups in total. The summed E-state index contributed by atoms with van der Waals surface area (Å²) >= 11 is 0. The minimum atomic E-state index is -0.151. The van der Waals surface area contributed by atoms with Gasteiger partial charge in [0.25, 0.3) is 5.91 Å². The van der Waals surface area contributed by atoms with Crippen LogP contribution in [0.5, 0.6) is 0 Å². The number of hydrogen-bond donors (Lipinski definition) is 0. The summed E-state index contributed by atoms with van der Waals surface area (Å²) in [6.45, 7) is 5.01. The summed E-state index contributed by atoms with van der Waals surface area (Å²) in [7, 11) is 0. The van der Waals surface area contributed by atoms with Crippen LogP contribution < -0.4 is 0 Å². The third-order valence-corrected chi connectivity index (χ3v) is 5.39. The van der Waals surface area contributed by atoms with E-state index in [1.807, 2.05) is 23.1 Å². The summed E-state index contributed by atoms with van der Waals surface area (Å²) in [4.78, 5) is 34.0. The zero-order valence-electron chi connectivity index (χ0n) is 15.0. The number of carbonyl (C=O) groups excluding carboxylic acids is 2. The normalized spacial score (nSPS) is 22.6. The lowest BCUT2D eigenvalue weighted by Gasteiger charge is -2.35. The van der Waals surface area contributed by atoms with Crippen molar-refractivity contribution in [1.82, 2.24) is 19.9 Å². The Balaban J connectivity index is 1.58. The van der Waals surface area contributed by atoms with E-state index in [1.165, 1.54) is 0 Å². The molecular weight excluding hydrogens is 332 g/mol. The number of pyridine rings is 1. The second-order valence-corrected chi connectivity index (χ2v) is 7.12.